The van der Waals surface area contributed by atoms with Crippen molar-refractivity contribution in [2.24, 2.45) is 0 Å². The third-order valence-corrected chi connectivity index (χ3v) is 4.84. The van der Waals surface area contributed by atoms with Crippen LogP contribution < -0.4 is 15.9 Å². The lowest BCUT2D eigenvalue weighted by Gasteiger charge is -2.09. The SMILES string of the molecule is COc1ccc2c(ccn2CCCn2ccc3oc(=O)cc(C)c3c2=O)c1. The molecule has 0 radical (unpaired) electrons. The second-order valence-electron chi connectivity index (χ2n) is 6.59. The predicted molar refractivity (Wildman–Crippen MR) is 105 cm³/mol. The monoisotopic (exact) mass is 364 g/mol. The number of methoxy groups -OCH3 is 1. The largest absolute Gasteiger partial charge is 0.497 e. The van der Waals surface area contributed by atoms with Crippen molar-refractivity contribution in [1.82, 2.24) is 9.13 Å². The number of aryl methyl sites for hydroxylation is 3. The molecule has 3 heterocycles. The van der Waals surface area contributed by atoms with Crippen molar-refractivity contribution in [2.75, 3.05) is 7.11 Å². The van der Waals surface area contributed by atoms with Gasteiger partial charge in [-0.2, -0.15) is 0 Å². The van der Waals surface area contributed by atoms with Crippen molar-refractivity contribution in [3.8, 4) is 5.75 Å². The van der Waals surface area contributed by atoms with E-state index in [2.05, 4.69) is 10.6 Å². The van der Waals surface area contributed by atoms with E-state index < -0.39 is 5.63 Å². The first-order valence-corrected chi connectivity index (χ1v) is 8.83. The van der Waals surface area contributed by atoms with E-state index in [4.69, 9.17) is 9.15 Å². The molecule has 0 atom stereocenters. The molecule has 0 N–H and O–H groups in total. The van der Waals surface area contributed by atoms with Gasteiger partial charge in [-0.1, -0.05) is 0 Å². The molecule has 6 heteroatoms. The minimum Gasteiger partial charge on any atom is -0.497 e. The van der Waals surface area contributed by atoms with Crippen molar-refractivity contribution < 1.29 is 9.15 Å². The second kappa shape index (κ2) is 6.79. The first kappa shape index (κ1) is 17.1. The van der Waals surface area contributed by atoms with E-state index in [0.29, 0.717) is 23.1 Å². The number of benzene rings is 1. The van der Waals surface area contributed by atoms with Crippen molar-refractivity contribution in [3.63, 3.8) is 0 Å². The number of nitrogens with zero attached hydrogens (tertiary/aromatic N) is 2. The van der Waals surface area contributed by atoms with Crippen LogP contribution in [-0.2, 0) is 13.1 Å². The lowest BCUT2D eigenvalue weighted by atomic mass is 10.2. The summed E-state index contributed by atoms with van der Waals surface area (Å²) in [5, 5.41) is 1.60. The number of fused-ring (bicyclic) bond motifs is 2. The quantitative estimate of drug-likeness (QED) is 0.545. The van der Waals surface area contributed by atoms with Gasteiger partial charge in [-0.25, -0.2) is 4.79 Å². The molecule has 0 unspecified atom stereocenters. The van der Waals surface area contributed by atoms with Gasteiger partial charge in [-0.3, -0.25) is 4.79 Å². The lowest BCUT2D eigenvalue weighted by Crippen LogP contribution is -2.21. The standard InChI is InChI=1S/C21H20N2O4/c1-14-12-19(24)27-18-7-11-23(21(25)20(14)18)9-3-8-22-10-6-15-13-16(26-2)4-5-17(15)22/h4-7,10-13H,3,8-9H2,1-2H3. The number of pyridine rings is 1. The molecular weight excluding hydrogens is 344 g/mol. The van der Waals surface area contributed by atoms with E-state index >= 15 is 0 Å². The highest BCUT2D eigenvalue weighted by molar-refractivity contribution is 5.81. The van der Waals surface area contributed by atoms with Gasteiger partial charge in [0.15, 0.2) is 0 Å². The number of ether oxygens (including phenoxy) is 1. The third kappa shape index (κ3) is 3.14. The van der Waals surface area contributed by atoms with Crippen molar-refractivity contribution in [2.45, 2.75) is 26.4 Å². The highest BCUT2D eigenvalue weighted by Crippen LogP contribution is 2.22. The summed E-state index contributed by atoms with van der Waals surface area (Å²) in [6, 6.07) is 11.1. The average Bonchev–Trinajstić information content (AvgIpc) is 3.05. The fourth-order valence-corrected chi connectivity index (χ4v) is 3.48. The zero-order valence-corrected chi connectivity index (χ0v) is 15.3. The molecular formula is C21H20N2O4. The highest BCUT2D eigenvalue weighted by Gasteiger charge is 2.09. The highest BCUT2D eigenvalue weighted by atomic mass is 16.5. The van der Waals surface area contributed by atoms with Gasteiger partial charge < -0.3 is 18.3 Å². The van der Waals surface area contributed by atoms with E-state index in [9.17, 15) is 9.59 Å². The Morgan fingerprint density at radius 2 is 1.78 bits per heavy atom. The molecule has 0 aliphatic carbocycles. The zero-order chi connectivity index (χ0) is 19.0. The summed E-state index contributed by atoms with van der Waals surface area (Å²) >= 11 is 0. The van der Waals surface area contributed by atoms with Crippen LogP contribution in [0.4, 0.5) is 0 Å². The average molecular weight is 364 g/mol. The van der Waals surface area contributed by atoms with Gasteiger partial charge >= 0.3 is 5.63 Å². The molecule has 0 spiro atoms. The van der Waals surface area contributed by atoms with Crippen molar-refractivity contribution >= 4 is 21.9 Å². The molecule has 0 amide bonds. The number of hydrogen-bond acceptors (Lipinski definition) is 4. The van der Waals surface area contributed by atoms with Gasteiger partial charge in [0.2, 0.25) is 0 Å². The van der Waals surface area contributed by atoms with Gasteiger partial charge in [0.25, 0.3) is 5.56 Å². The van der Waals surface area contributed by atoms with Crippen LogP contribution in [0.5, 0.6) is 5.75 Å². The van der Waals surface area contributed by atoms with Crippen molar-refractivity contribution in [3.05, 3.63) is 75.1 Å². The summed E-state index contributed by atoms with van der Waals surface area (Å²) < 4.78 is 14.2. The van der Waals surface area contributed by atoms with E-state index in [1.54, 1.807) is 30.9 Å². The first-order valence-electron chi connectivity index (χ1n) is 8.83. The maximum absolute atomic E-state index is 12.7. The molecule has 4 aromatic rings. The molecule has 27 heavy (non-hydrogen) atoms. The minimum atomic E-state index is -0.437. The van der Waals surface area contributed by atoms with Crippen molar-refractivity contribution in [1.29, 1.82) is 0 Å². The fraction of sp³-hybridized carbons (Fsp3) is 0.238. The van der Waals surface area contributed by atoms with E-state index in [1.807, 2.05) is 24.4 Å². The molecule has 0 fully saturated rings. The van der Waals surface area contributed by atoms with Crippen LogP contribution in [0.25, 0.3) is 21.9 Å². The third-order valence-electron chi connectivity index (χ3n) is 4.84. The molecule has 4 rings (SSSR count). The molecule has 0 aliphatic heterocycles. The topological polar surface area (TPSA) is 66.4 Å². The van der Waals surface area contributed by atoms with Gasteiger partial charge in [-0.05, 0) is 49.2 Å². The molecule has 6 nitrogen and oxygen atoms in total. The Kier molecular flexibility index (Phi) is 4.32. The normalized spacial score (nSPS) is 11.3. The summed E-state index contributed by atoms with van der Waals surface area (Å²) in [6.07, 6.45) is 4.54. The van der Waals surface area contributed by atoms with Crippen LogP contribution in [-0.4, -0.2) is 16.2 Å². The molecule has 0 aliphatic rings. The van der Waals surface area contributed by atoms with Crippen LogP contribution in [0.1, 0.15) is 12.0 Å². The van der Waals surface area contributed by atoms with Crippen LogP contribution >= 0.6 is 0 Å². The Hall–Kier alpha value is -3.28. The fourth-order valence-electron chi connectivity index (χ4n) is 3.48. The molecule has 1 aromatic carbocycles. The Balaban J connectivity index is 1.55. The summed E-state index contributed by atoms with van der Waals surface area (Å²) in [4.78, 5) is 24.2. The maximum Gasteiger partial charge on any atom is 0.336 e. The number of aromatic nitrogens is 2. The van der Waals surface area contributed by atoms with Crippen LogP contribution in [0.15, 0.2) is 62.8 Å². The molecule has 0 saturated carbocycles. The number of rotatable bonds is 5. The van der Waals surface area contributed by atoms with E-state index in [1.165, 1.54) is 6.07 Å². The van der Waals surface area contributed by atoms with Gasteiger partial charge in [0, 0.05) is 42.5 Å². The Morgan fingerprint density at radius 1 is 1.00 bits per heavy atom. The second-order valence-corrected chi connectivity index (χ2v) is 6.59. The zero-order valence-electron chi connectivity index (χ0n) is 15.3. The Morgan fingerprint density at radius 3 is 2.59 bits per heavy atom. The Labute approximate surface area is 155 Å². The lowest BCUT2D eigenvalue weighted by molar-refractivity contribution is 0.415. The summed E-state index contributed by atoms with van der Waals surface area (Å²) in [6.45, 7) is 3.14. The number of hydrogen-bond donors (Lipinski definition) is 0. The van der Waals surface area contributed by atoms with Gasteiger partial charge in [0.05, 0.1) is 12.5 Å². The van der Waals surface area contributed by atoms with Crippen LogP contribution in [0, 0.1) is 6.92 Å². The van der Waals surface area contributed by atoms with E-state index in [0.717, 1.165) is 29.6 Å². The van der Waals surface area contributed by atoms with Crippen LogP contribution in [0.3, 0.4) is 0 Å². The predicted octanol–water partition coefficient (Wildman–Crippen LogP) is 3.32. The Bertz CT molecular complexity index is 1250. The molecule has 3 aromatic heterocycles. The first-order chi connectivity index (χ1) is 13.1. The molecule has 0 bridgehead atoms. The smallest absolute Gasteiger partial charge is 0.336 e. The minimum absolute atomic E-state index is 0.129. The van der Waals surface area contributed by atoms with Gasteiger partial charge in [0.1, 0.15) is 11.3 Å². The van der Waals surface area contributed by atoms with Gasteiger partial charge in [-0.15, -0.1) is 0 Å². The summed E-state index contributed by atoms with van der Waals surface area (Å²) in [7, 11) is 1.66. The summed E-state index contributed by atoms with van der Waals surface area (Å²) in [5.74, 6) is 0.838. The maximum atomic E-state index is 12.7. The van der Waals surface area contributed by atoms with E-state index in [-0.39, 0.29) is 5.56 Å². The van der Waals surface area contributed by atoms with Crippen LogP contribution in [0.2, 0.25) is 0 Å². The molecule has 138 valence electrons. The summed E-state index contributed by atoms with van der Waals surface area (Å²) in [5.41, 5.74) is 1.56. The molecule has 0 saturated heterocycles.